The Morgan fingerprint density at radius 3 is 2.71 bits per heavy atom. The highest BCUT2D eigenvalue weighted by Crippen LogP contribution is 2.13. The number of ether oxygens (including phenoxy) is 1. The lowest BCUT2D eigenvalue weighted by molar-refractivity contribution is -0.131. The summed E-state index contributed by atoms with van der Waals surface area (Å²) < 4.78 is 5.50. The van der Waals surface area contributed by atoms with Crippen molar-refractivity contribution in [2.45, 2.75) is 19.9 Å². The van der Waals surface area contributed by atoms with E-state index in [0.29, 0.717) is 36.8 Å². The van der Waals surface area contributed by atoms with Gasteiger partial charge in [-0.05, 0) is 31.2 Å². The van der Waals surface area contributed by atoms with Gasteiger partial charge in [-0.2, -0.15) is 5.10 Å². The molecule has 0 saturated heterocycles. The lowest BCUT2D eigenvalue weighted by Crippen LogP contribution is -2.28. The van der Waals surface area contributed by atoms with Crippen molar-refractivity contribution < 1.29 is 9.53 Å². The molecule has 0 saturated carbocycles. The maximum Gasteiger partial charge on any atom is 0.226 e. The second kappa shape index (κ2) is 6.74. The van der Waals surface area contributed by atoms with Crippen molar-refractivity contribution in [3.63, 3.8) is 0 Å². The molecule has 0 fully saturated rings. The number of nitrogen functional groups attached to an aromatic ring is 1. The Bertz CT molecular complexity index is 594. The molecule has 0 bridgehead atoms. The maximum atomic E-state index is 12.0. The molecule has 0 unspecified atom stereocenters. The van der Waals surface area contributed by atoms with Gasteiger partial charge in [-0.1, -0.05) is 0 Å². The average molecular weight is 289 g/mol. The Hall–Kier alpha value is -2.57. The average Bonchev–Trinajstić information content (AvgIpc) is 2.86. The predicted molar refractivity (Wildman–Crippen MR) is 78.6 cm³/mol. The Balaban J connectivity index is 1.74. The van der Waals surface area contributed by atoms with Crippen molar-refractivity contribution in [2.75, 3.05) is 19.4 Å². The molecule has 2 rings (SSSR count). The van der Waals surface area contributed by atoms with Crippen LogP contribution in [0.5, 0.6) is 5.75 Å². The molecule has 0 aliphatic heterocycles. The van der Waals surface area contributed by atoms with Crippen LogP contribution in [0, 0.1) is 6.92 Å². The third-order valence-electron chi connectivity index (χ3n) is 2.91. The van der Waals surface area contributed by atoms with E-state index in [0.717, 1.165) is 5.82 Å². The van der Waals surface area contributed by atoms with Gasteiger partial charge in [0.05, 0.1) is 19.6 Å². The fraction of sp³-hybridized carbons (Fsp3) is 0.357. The van der Waals surface area contributed by atoms with E-state index in [1.54, 1.807) is 36.2 Å². The number of carbonyl (C=O) groups excluding carboxylic acids is 1. The third-order valence-corrected chi connectivity index (χ3v) is 2.91. The smallest absolute Gasteiger partial charge is 0.226 e. The van der Waals surface area contributed by atoms with E-state index in [4.69, 9.17) is 10.5 Å². The largest absolute Gasteiger partial charge is 0.493 e. The van der Waals surface area contributed by atoms with Crippen LogP contribution in [0.2, 0.25) is 0 Å². The number of rotatable bonds is 6. The van der Waals surface area contributed by atoms with Gasteiger partial charge >= 0.3 is 0 Å². The van der Waals surface area contributed by atoms with Crippen LogP contribution in [-0.4, -0.2) is 39.6 Å². The van der Waals surface area contributed by atoms with E-state index < -0.39 is 0 Å². The molecule has 1 aromatic heterocycles. The summed E-state index contributed by atoms with van der Waals surface area (Å²) >= 11 is 0. The lowest BCUT2D eigenvalue weighted by atomic mass is 10.3. The molecule has 7 heteroatoms. The molecule has 0 radical (unpaired) electrons. The summed E-state index contributed by atoms with van der Waals surface area (Å²) in [5.41, 5.74) is 6.27. The number of anilines is 1. The van der Waals surface area contributed by atoms with E-state index in [1.807, 2.05) is 6.92 Å². The number of nitrogens with one attached hydrogen (secondary N) is 1. The van der Waals surface area contributed by atoms with Gasteiger partial charge in [0.25, 0.3) is 0 Å². The highest BCUT2D eigenvalue weighted by molar-refractivity contribution is 5.75. The van der Waals surface area contributed by atoms with Gasteiger partial charge < -0.3 is 15.4 Å². The molecule has 21 heavy (non-hydrogen) atoms. The zero-order valence-corrected chi connectivity index (χ0v) is 12.2. The first kappa shape index (κ1) is 14.8. The van der Waals surface area contributed by atoms with Crippen LogP contribution in [0.4, 0.5) is 5.69 Å². The zero-order chi connectivity index (χ0) is 15.2. The van der Waals surface area contributed by atoms with E-state index >= 15 is 0 Å². The first-order valence-corrected chi connectivity index (χ1v) is 6.65. The molecule has 0 atom stereocenters. The number of H-pyrrole nitrogens is 1. The summed E-state index contributed by atoms with van der Waals surface area (Å²) in [5.74, 6) is 2.01. The fourth-order valence-corrected chi connectivity index (χ4v) is 1.77. The number of benzene rings is 1. The third kappa shape index (κ3) is 4.48. The normalized spacial score (nSPS) is 10.4. The minimum atomic E-state index is -0.0205. The van der Waals surface area contributed by atoms with E-state index in [1.165, 1.54) is 0 Å². The predicted octanol–water partition coefficient (Wildman–Crippen LogP) is 1.12. The summed E-state index contributed by atoms with van der Waals surface area (Å²) in [5, 5.41) is 6.75. The van der Waals surface area contributed by atoms with Crippen LogP contribution in [0.1, 0.15) is 18.1 Å². The summed E-state index contributed by atoms with van der Waals surface area (Å²) in [6.07, 6.45) is 0.296. The van der Waals surface area contributed by atoms with Gasteiger partial charge in [-0.25, -0.2) is 4.98 Å². The standard InChI is InChI=1S/C14H19N5O2/c1-10-16-13(18-17-10)9-19(2)14(20)7-8-21-12-5-3-11(15)4-6-12/h3-6H,7-9,15H2,1-2H3,(H,16,17,18). The molecule has 0 aliphatic rings. The fourth-order valence-electron chi connectivity index (χ4n) is 1.77. The molecular formula is C14H19N5O2. The SMILES string of the molecule is Cc1nc(CN(C)C(=O)CCOc2ccc(N)cc2)n[nH]1. The quantitative estimate of drug-likeness (QED) is 0.777. The Morgan fingerprint density at radius 1 is 1.38 bits per heavy atom. The van der Waals surface area contributed by atoms with Gasteiger partial charge in [0.15, 0.2) is 5.82 Å². The lowest BCUT2D eigenvalue weighted by Gasteiger charge is -2.15. The van der Waals surface area contributed by atoms with Crippen LogP contribution in [0.15, 0.2) is 24.3 Å². The summed E-state index contributed by atoms with van der Waals surface area (Å²) in [6.45, 7) is 2.52. The number of aromatic nitrogens is 3. The molecule has 7 nitrogen and oxygen atoms in total. The number of nitrogens with zero attached hydrogens (tertiary/aromatic N) is 3. The summed E-state index contributed by atoms with van der Waals surface area (Å²) in [4.78, 5) is 17.7. The Kier molecular flexibility index (Phi) is 4.76. The molecule has 1 amide bonds. The maximum absolute atomic E-state index is 12.0. The van der Waals surface area contributed by atoms with Crippen molar-refractivity contribution in [1.29, 1.82) is 0 Å². The Labute approximate surface area is 123 Å². The molecule has 112 valence electrons. The van der Waals surface area contributed by atoms with Crippen molar-refractivity contribution in [2.24, 2.45) is 0 Å². The van der Waals surface area contributed by atoms with Crippen LogP contribution >= 0.6 is 0 Å². The molecule has 3 N–H and O–H groups in total. The van der Waals surface area contributed by atoms with Gasteiger partial charge in [-0.15, -0.1) is 0 Å². The number of aromatic amines is 1. The number of nitrogens with two attached hydrogens (primary N) is 1. The van der Waals surface area contributed by atoms with Gasteiger partial charge in [-0.3, -0.25) is 9.89 Å². The van der Waals surface area contributed by atoms with Crippen molar-refractivity contribution in [3.8, 4) is 5.75 Å². The zero-order valence-electron chi connectivity index (χ0n) is 12.2. The molecule has 0 aliphatic carbocycles. The highest BCUT2D eigenvalue weighted by atomic mass is 16.5. The number of hydrogen-bond donors (Lipinski definition) is 2. The van der Waals surface area contributed by atoms with Crippen LogP contribution in [0.3, 0.4) is 0 Å². The van der Waals surface area contributed by atoms with Crippen LogP contribution < -0.4 is 10.5 Å². The molecular weight excluding hydrogens is 270 g/mol. The van der Waals surface area contributed by atoms with E-state index in [-0.39, 0.29) is 5.91 Å². The first-order valence-electron chi connectivity index (χ1n) is 6.65. The molecule has 2 aromatic rings. The van der Waals surface area contributed by atoms with E-state index in [9.17, 15) is 4.79 Å². The second-order valence-corrected chi connectivity index (χ2v) is 4.75. The van der Waals surface area contributed by atoms with Gasteiger partial charge in [0, 0.05) is 12.7 Å². The number of hydrogen-bond acceptors (Lipinski definition) is 5. The van der Waals surface area contributed by atoms with Crippen molar-refractivity contribution in [1.82, 2.24) is 20.1 Å². The highest BCUT2D eigenvalue weighted by Gasteiger charge is 2.11. The van der Waals surface area contributed by atoms with Gasteiger partial charge in [0.2, 0.25) is 5.91 Å². The molecule has 1 aromatic carbocycles. The van der Waals surface area contributed by atoms with Gasteiger partial charge in [0.1, 0.15) is 11.6 Å². The monoisotopic (exact) mass is 289 g/mol. The number of amides is 1. The topological polar surface area (TPSA) is 97.1 Å². The van der Waals surface area contributed by atoms with Crippen LogP contribution in [-0.2, 0) is 11.3 Å². The van der Waals surface area contributed by atoms with Crippen molar-refractivity contribution in [3.05, 3.63) is 35.9 Å². The first-order chi connectivity index (χ1) is 10.0. The second-order valence-electron chi connectivity index (χ2n) is 4.75. The Morgan fingerprint density at radius 2 is 2.10 bits per heavy atom. The summed E-state index contributed by atoms with van der Waals surface area (Å²) in [6, 6.07) is 7.07. The van der Waals surface area contributed by atoms with Crippen LogP contribution in [0.25, 0.3) is 0 Å². The number of aryl methyl sites for hydroxylation is 1. The minimum Gasteiger partial charge on any atom is -0.493 e. The summed E-state index contributed by atoms with van der Waals surface area (Å²) in [7, 11) is 1.72. The minimum absolute atomic E-state index is 0.0205. The molecule has 1 heterocycles. The number of carbonyl (C=O) groups is 1. The molecule has 0 spiro atoms. The van der Waals surface area contributed by atoms with E-state index in [2.05, 4.69) is 15.2 Å². The van der Waals surface area contributed by atoms with Crippen molar-refractivity contribution >= 4 is 11.6 Å².